The maximum absolute atomic E-state index is 13.0. The molecule has 1 saturated carbocycles. The molecule has 0 spiro atoms. The van der Waals surface area contributed by atoms with E-state index in [0.717, 1.165) is 0 Å². The van der Waals surface area contributed by atoms with Gasteiger partial charge in [0.25, 0.3) is 5.91 Å². The van der Waals surface area contributed by atoms with Crippen molar-refractivity contribution in [1.29, 1.82) is 0 Å². The molecule has 1 saturated heterocycles. The van der Waals surface area contributed by atoms with Crippen molar-refractivity contribution in [3.05, 3.63) is 29.3 Å². The number of piperazine rings is 1. The third-order valence-electron chi connectivity index (χ3n) is 4.82. The number of hydrogen-bond acceptors (Lipinski definition) is 4. The van der Waals surface area contributed by atoms with Crippen molar-refractivity contribution in [3.63, 3.8) is 0 Å². The van der Waals surface area contributed by atoms with Gasteiger partial charge in [0, 0.05) is 31.2 Å². The highest BCUT2D eigenvalue weighted by Gasteiger charge is 2.62. The van der Waals surface area contributed by atoms with Crippen LogP contribution in [0.4, 0.5) is 0 Å². The van der Waals surface area contributed by atoms with Gasteiger partial charge in [-0.3, -0.25) is 9.59 Å². The van der Waals surface area contributed by atoms with E-state index in [1.54, 1.807) is 16.7 Å². The van der Waals surface area contributed by atoms with Crippen molar-refractivity contribution in [3.8, 4) is 11.8 Å². The Labute approximate surface area is 158 Å². The van der Waals surface area contributed by atoms with Gasteiger partial charge < -0.3 is 9.80 Å². The van der Waals surface area contributed by atoms with E-state index in [9.17, 15) is 18.0 Å². The van der Waals surface area contributed by atoms with Crippen molar-refractivity contribution in [2.24, 2.45) is 0 Å². The van der Waals surface area contributed by atoms with E-state index in [1.807, 2.05) is 0 Å². The van der Waals surface area contributed by atoms with Crippen molar-refractivity contribution in [2.45, 2.75) is 29.4 Å². The number of hydrogen-bond donors (Lipinski definition) is 0. The molecule has 0 unspecified atom stereocenters. The zero-order valence-electron chi connectivity index (χ0n) is 14.4. The molecule has 26 heavy (non-hydrogen) atoms. The quantitative estimate of drug-likeness (QED) is 0.725. The van der Waals surface area contributed by atoms with Crippen LogP contribution in [0.5, 0.6) is 0 Å². The van der Waals surface area contributed by atoms with Gasteiger partial charge in [0.15, 0.2) is 14.6 Å². The van der Waals surface area contributed by atoms with Crippen LogP contribution in [0.2, 0.25) is 5.02 Å². The van der Waals surface area contributed by atoms with Gasteiger partial charge in [-0.2, -0.15) is 0 Å². The van der Waals surface area contributed by atoms with Crippen LogP contribution in [0.1, 0.15) is 19.8 Å². The van der Waals surface area contributed by atoms with Gasteiger partial charge in [0.1, 0.15) is 0 Å². The molecule has 1 heterocycles. The van der Waals surface area contributed by atoms with Crippen LogP contribution in [-0.2, 0) is 19.4 Å². The smallest absolute Gasteiger partial charge is 0.298 e. The lowest BCUT2D eigenvalue weighted by Gasteiger charge is -2.35. The predicted molar refractivity (Wildman–Crippen MR) is 97.2 cm³/mol. The van der Waals surface area contributed by atoms with Crippen LogP contribution >= 0.6 is 11.6 Å². The Bertz CT molecular complexity index is 887. The average molecular weight is 395 g/mol. The van der Waals surface area contributed by atoms with Crippen LogP contribution in [-0.4, -0.2) is 61.0 Å². The Hall–Kier alpha value is -2.04. The summed E-state index contributed by atoms with van der Waals surface area (Å²) in [6.07, 6.45) is 0.633. The number of rotatable bonds is 3. The summed E-state index contributed by atoms with van der Waals surface area (Å²) in [4.78, 5) is 28.0. The van der Waals surface area contributed by atoms with Gasteiger partial charge in [0.2, 0.25) is 5.91 Å². The van der Waals surface area contributed by atoms with Crippen molar-refractivity contribution in [2.75, 3.05) is 26.2 Å². The topological polar surface area (TPSA) is 74.8 Å². The van der Waals surface area contributed by atoms with Gasteiger partial charge >= 0.3 is 0 Å². The van der Waals surface area contributed by atoms with Crippen molar-refractivity contribution >= 4 is 33.3 Å². The van der Waals surface area contributed by atoms with E-state index < -0.39 is 14.6 Å². The summed E-state index contributed by atoms with van der Waals surface area (Å²) in [6, 6.07) is 5.89. The van der Waals surface area contributed by atoms with Gasteiger partial charge in [-0.25, -0.2) is 8.42 Å². The Morgan fingerprint density at radius 2 is 1.58 bits per heavy atom. The molecule has 0 radical (unpaired) electrons. The molecule has 1 aromatic rings. The maximum atomic E-state index is 13.0. The molecule has 2 aliphatic rings. The first-order valence-corrected chi connectivity index (χ1v) is 10.2. The second-order valence-corrected chi connectivity index (χ2v) is 9.11. The second kappa shape index (κ2) is 6.93. The van der Waals surface area contributed by atoms with E-state index in [1.165, 1.54) is 24.3 Å². The molecule has 1 aliphatic carbocycles. The zero-order valence-corrected chi connectivity index (χ0v) is 15.9. The van der Waals surface area contributed by atoms with E-state index in [0.29, 0.717) is 44.0 Å². The number of halogens is 1. The first-order chi connectivity index (χ1) is 12.3. The lowest BCUT2D eigenvalue weighted by Crippen LogP contribution is -2.54. The minimum absolute atomic E-state index is 0.111. The summed E-state index contributed by atoms with van der Waals surface area (Å²) in [6.45, 7) is 2.94. The molecule has 1 aliphatic heterocycles. The highest BCUT2D eigenvalue weighted by atomic mass is 35.5. The van der Waals surface area contributed by atoms with Crippen LogP contribution in [0.15, 0.2) is 29.2 Å². The lowest BCUT2D eigenvalue weighted by atomic mass is 10.2. The molecule has 8 heteroatoms. The number of sulfone groups is 1. The minimum atomic E-state index is -3.78. The molecule has 2 fully saturated rings. The second-order valence-electron chi connectivity index (χ2n) is 6.41. The number of amides is 2. The van der Waals surface area contributed by atoms with Crippen LogP contribution < -0.4 is 0 Å². The van der Waals surface area contributed by atoms with E-state index >= 15 is 0 Å². The molecule has 0 bridgehead atoms. The Morgan fingerprint density at radius 3 is 2.08 bits per heavy atom. The Morgan fingerprint density at radius 1 is 1.04 bits per heavy atom. The van der Waals surface area contributed by atoms with E-state index in [-0.39, 0.29) is 16.7 Å². The Balaban J connectivity index is 1.74. The summed E-state index contributed by atoms with van der Waals surface area (Å²) in [5.41, 5.74) is 0. The molecule has 1 aromatic carbocycles. The average Bonchev–Trinajstić information content (AvgIpc) is 3.44. The number of benzene rings is 1. The summed E-state index contributed by atoms with van der Waals surface area (Å²) < 4.78 is 24.6. The predicted octanol–water partition coefficient (Wildman–Crippen LogP) is 1.34. The van der Waals surface area contributed by atoms with E-state index in [4.69, 9.17) is 11.6 Å². The van der Waals surface area contributed by atoms with Crippen LogP contribution in [0, 0.1) is 11.8 Å². The third kappa shape index (κ3) is 3.19. The highest BCUT2D eigenvalue weighted by molar-refractivity contribution is 7.94. The molecular weight excluding hydrogens is 376 g/mol. The first kappa shape index (κ1) is 18.7. The Kier molecular flexibility index (Phi) is 5.00. The molecule has 138 valence electrons. The SMILES string of the molecule is CC#CC(=O)N1CCN(C(=O)C2(S(=O)(=O)c3ccc(Cl)cc3)CC2)CC1. The molecule has 3 rings (SSSR count). The number of carbonyl (C=O) groups excluding carboxylic acids is 2. The van der Waals surface area contributed by atoms with Gasteiger partial charge in [-0.15, -0.1) is 0 Å². The van der Waals surface area contributed by atoms with Gasteiger partial charge in [-0.1, -0.05) is 17.5 Å². The van der Waals surface area contributed by atoms with Gasteiger partial charge in [0.05, 0.1) is 4.90 Å². The lowest BCUT2D eigenvalue weighted by molar-refractivity contribution is -0.137. The molecule has 0 N–H and O–H groups in total. The fourth-order valence-electron chi connectivity index (χ4n) is 3.14. The van der Waals surface area contributed by atoms with E-state index in [2.05, 4.69) is 11.8 Å². The largest absolute Gasteiger partial charge is 0.338 e. The maximum Gasteiger partial charge on any atom is 0.298 e. The van der Waals surface area contributed by atoms with Crippen LogP contribution in [0.3, 0.4) is 0 Å². The summed E-state index contributed by atoms with van der Waals surface area (Å²) in [5, 5.41) is 0.441. The summed E-state index contributed by atoms with van der Waals surface area (Å²) in [7, 11) is -3.78. The standard InChI is InChI=1S/C18H19ClN2O4S/c1-2-3-16(22)20-10-12-21(13-11-20)17(23)18(8-9-18)26(24,25)15-6-4-14(19)5-7-15/h4-7H,8-13H2,1H3. The zero-order chi connectivity index (χ0) is 18.9. The third-order valence-corrected chi connectivity index (χ3v) is 7.57. The normalized spacial score (nSPS) is 18.7. The highest BCUT2D eigenvalue weighted by Crippen LogP contribution is 2.48. The van der Waals surface area contributed by atoms with Gasteiger partial charge in [-0.05, 0) is 50.0 Å². The number of nitrogens with zero attached hydrogens (tertiary/aromatic N) is 2. The van der Waals surface area contributed by atoms with Crippen molar-refractivity contribution < 1.29 is 18.0 Å². The fraction of sp³-hybridized carbons (Fsp3) is 0.444. The minimum Gasteiger partial charge on any atom is -0.338 e. The summed E-state index contributed by atoms with van der Waals surface area (Å²) >= 11 is 5.83. The molecular formula is C18H19ClN2O4S. The molecule has 0 atom stereocenters. The number of carbonyl (C=O) groups is 2. The molecule has 6 nitrogen and oxygen atoms in total. The molecule has 2 amide bonds. The first-order valence-electron chi connectivity index (χ1n) is 8.33. The summed E-state index contributed by atoms with van der Waals surface area (Å²) in [5.74, 6) is 4.40. The fourth-order valence-corrected chi connectivity index (χ4v) is 5.21. The monoisotopic (exact) mass is 394 g/mol. The van der Waals surface area contributed by atoms with Crippen molar-refractivity contribution in [1.82, 2.24) is 9.80 Å². The van der Waals surface area contributed by atoms with Crippen LogP contribution in [0.25, 0.3) is 0 Å². The molecule has 0 aromatic heterocycles.